The zero-order valence-corrected chi connectivity index (χ0v) is 10.9. The molecule has 20 heavy (non-hydrogen) atoms. The molecule has 0 bridgehead atoms. The Bertz CT molecular complexity index is 592. The predicted molar refractivity (Wildman–Crippen MR) is 71.3 cm³/mol. The van der Waals surface area contributed by atoms with Gasteiger partial charge in [0, 0.05) is 11.6 Å². The SMILES string of the molecule is Nc1cccc([C@@H](c2nncn2C(F)F)C2CCC2)c1. The fraction of sp³-hybridized carbons (Fsp3) is 0.429. The Kier molecular flexibility index (Phi) is 3.38. The van der Waals surface area contributed by atoms with E-state index in [2.05, 4.69) is 10.2 Å². The first kappa shape index (κ1) is 13.0. The van der Waals surface area contributed by atoms with Crippen LogP contribution in [0.4, 0.5) is 14.5 Å². The fourth-order valence-electron chi connectivity index (χ4n) is 2.78. The van der Waals surface area contributed by atoms with Gasteiger partial charge in [0.25, 0.3) is 0 Å². The van der Waals surface area contributed by atoms with Gasteiger partial charge < -0.3 is 5.73 Å². The molecule has 0 unspecified atom stereocenters. The van der Waals surface area contributed by atoms with E-state index in [0.29, 0.717) is 17.4 Å². The van der Waals surface area contributed by atoms with E-state index in [0.717, 1.165) is 35.7 Å². The van der Waals surface area contributed by atoms with Crippen LogP contribution in [0.5, 0.6) is 0 Å². The molecule has 1 saturated carbocycles. The van der Waals surface area contributed by atoms with Gasteiger partial charge in [-0.3, -0.25) is 4.57 Å². The van der Waals surface area contributed by atoms with Gasteiger partial charge in [0.05, 0.1) is 0 Å². The highest BCUT2D eigenvalue weighted by Gasteiger charge is 2.34. The van der Waals surface area contributed by atoms with Gasteiger partial charge >= 0.3 is 6.55 Å². The van der Waals surface area contributed by atoms with E-state index < -0.39 is 6.55 Å². The minimum atomic E-state index is -2.62. The summed E-state index contributed by atoms with van der Waals surface area (Å²) >= 11 is 0. The lowest BCUT2D eigenvalue weighted by Crippen LogP contribution is -2.24. The Labute approximate surface area is 115 Å². The third-order valence-corrected chi connectivity index (χ3v) is 3.98. The van der Waals surface area contributed by atoms with Gasteiger partial charge in [-0.05, 0) is 36.5 Å². The third kappa shape index (κ3) is 2.26. The number of halogens is 2. The Morgan fingerprint density at radius 3 is 2.70 bits per heavy atom. The van der Waals surface area contributed by atoms with Crippen LogP contribution in [-0.2, 0) is 0 Å². The van der Waals surface area contributed by atoms with E-state index in [9.17, 15) is 8.78 Å². The van der Waals surface area contributed by atoms with Gasteiger partial charge in [-0.1, -0.05) is 18.6 Å². The topological polar surface area (TPSA) is 56.7 Å². The number of benzene rings is 1. The van der Waals surface area contributed by atoms with Crippen molar-refractivity contribution in [3.63, 3.8) is 0 Å². The second-order valence-electron chi connectivity index (χ2n) is 5.21. The van der Waals surface area contributed by atoms with Crippen molar-refractivity contribution < 1.29 is 8.78 Å². The van der Waals surface area contributed by atoms with Gasteiger partial charge in [-0.25, -0.2) is 0 Å². The van der Waals surface area contributed by atoms with Crippen LogP contribution in [0, 0.1) is 5.92 Å². The van der Waals surface area contributed by atoms with Crippen LogP contribution in [0.2, 0.25) is 0 Å². The molecule has 0 aliphatic heterocycles. The maximum absolute atomic E-state index is 13.1. The van der Waals surface area contributed by atoms with Crippen molar-refractivity contribution in [2.45, 2.75) is 31.7 Å². The van der Waals surface area contributed by atoms with Gasteiger partial charge in [0.1, 0.15) is 12.2 Å². The molecule has 1 aromatic heterocycles. The summed E-state index contributed by atoms with van der Waals surface area (Å²) in [6.45, 7) is -2.62. The molecule has 3 rings (SSSR count). The van der Waals surface area contributed by atoms with Crippen LogP contribution in [0.25, 0.3) is 0 Å². The van der Waals surface area contributed by atoms with E-state index in [4.69, 9.17) is 5.73 Å². The summed E-state index contributed by atoms with van der Waals surface area (Å²) in [4.78, 5) is 0. The quantitative estimate of drug-likeness (QED) is 0.874. The predicted octanol–water partition coefficient (Wildman–Crippen LogP) is 3.19. The molecule has 1 aliphatic rings. The van der Waals surface area contributed by atoms with Gasteiger partial charge in [-0.15, -0.1) is 10.2 Å². The minimum Gasteiger partial charge on any atom is -0.399 e. The van der Waals surface area contributed by atoms with Crippen LogP contribution < -0.4 is 5.73 Å². The summed E-state index contributed by atoms with van der Waals surface area (Å²) in [5.74, 6) is 0.498. The average molecular weight is 278 g/mol. The van der Waals surface area contributed by atoms with Crippen molar-refractivity contribution in [1.82, 2.24) is 14.8 Å². The Hall–Kier alpha value is -1.98. The molecule has 1 aliphatic carbocycles. The summed E-state index contributed by atoms with van der Waals surface area (Å²) in [7, 11) is 0. The molecule has 1 fully saturated rings. The molecule has 0 spiro atoms. The average Bonchev–Trinajstić information content (AvgIpc) is 2.82. The number of rotatable bonds is 4. The molecule has 106 valence electrons. The summed E-state index contributed by atoms with van der Waals surface area (Å²) in [6.07, 6.45) is 4.27. The second-order valence-corrected chi connectivity index (χ2v) is 5.21. The summed E-state index contributed by atoms with van der Waals surface area (Å²) < 4.78 is 27.0. The number of nitrogens with zero attached hydrogens (tertiary/aromatic N) is 3. The monoisotopic (exact) mass is 278 g/mol. The van der Waals surface area contributed by atoms with E-state index in [1.54, 1.807) is 6.07 Å². The van der Waals surface area contributed by atoms with Gasteiger partial charge in [-0.2, -0.15) is 8.78 Å². The number of aromatic nitrogens is 3. The number of hydrogen-bond donors (Lipinski definition) is 1. The van der Waals surface area contributed by atoms with E-state index >= 15 is 0 Å². The highest BCUT2D eigenvalue weighted by molar-refractivity contribution is 5.43. The van der Waals surface area contributed by atoms with Crippen LogP contribution >= 0.6 is 0 Å². The Balaban J connectivity index is 2.04. The van der Waals surface area contributed by atoms with Crippen molar-refractivity contribution >= 4 is 5.69 Å². The molecule has 2 N–H and O–H groups in total. The van der Waals surface area contributed by atoms with Crippen molar-refractivity contribution in [3.05, 3.63) is 42.0 Å². The lowest BCUT2D eigenvalue weighted by atomic mass is 9.72. The largest absolute Gasteiger partial charge is 0.399 e. The first-order valence-corrected chi connectivity index (χ1v) is 6.70. The zero-order valence-electron chi connectivity index (χ0n) is 10.9. The van der Waals surface area contributed by atoms with Gasteiger partial charge in [0.15, 0.2) is 0 Å². The second kappa shape index (κ2) is 5.19. The lowest BCUT2D eigenvalue weighted by Gasteiger charge is -2.33. The van der Waals surface area contributed by atoms with E-state index in [1.807, 2.05) is 18.2 Å². The molecule has 1 aromatic carbocycles. The molecule has 4 nitrogen and oxygen atoms in total. The maximum atomic E-state index is 13.1. The van der Waals surface area contributed by atoms with Crippen molar-refractivity contribution in [1.29, 1.82) is 0 Å². The van der Waals surface area contributed by atoms with Crippen LogP contribution in [0.15, 0.2) is 30.6 Å². The smallest absolute Gasteiger partial charge is 0.321 e. The van der Waals surface area contributed by atoms with Crippen LogP contribution in [0.1, 0.15) is 43.1 Å². The first-order valence-electron chi connectivity index (χ1n) is 6.70. The molecular weight excluding hydrogens is 262 g/mol. The van der Waals surface area contributed by atoms with E-state index in [-0.39, 0.29) is 5.92 Å². The van der Waals surface area contributed by atoms with Gasteiger partial charge in [0.2, 0.25) is 0 Å². The number of alkyl halides is 2. The Morgan fingerprint density at radius 1 is 1.30 bits per heavy atom. The summed E-state index contributed by atoms with van der Waals surface area (Å²) in [5, 5.41) is 7.59. The minimum absolute atomic E-state index is 0.163. The standard InChI is InChI=1S/C14H16F2N4/c15-14(16)20-8-18-19-13(20)12(9-3-1-4-9)10-5-2-6-11(17)7-10/h2,5-9,12,14H,1,3-4,17H2/t12-/m0/s1. The normalized spacial score (nSPS) is 17.1. The summed E-state index contributed by atoms with van der Waals surface area (Å²) in [6, 6.07) is 7.40. The molecule has 0 saturated heterocycles. The van der Waals surface area contributed by atoms with Crippen molar-refractivity contribution in [2.75, 3.05) is 5.73 Å². The first-order chi connectivity index (χ1) is 9.66. The van der Waals surface area contributed by atoms with E-state index in [1.165, 1.54) is 0 Å². The third-order valence-electron chi connectivity index (χ3n) is 3.98. The number of hydrogen-bond acceptors (Lipinski definition) is 3. The zero-order chi connectivity index (χ0) is 14.1. The molecule has 0 radical (unpaired) electrons. The number of nitrogens with two attached hydrogens (primary N) is 1. The molecule has 6 heteroatoms. The molecule has 1 heterocycles. The summed E-state index contributed by atoms with van der Waals surface area (Å²) in [5.41, 5.74) is 7.39. The van der Waals surface area contributed by atoms with Crippen LogP contribution in [-0.4, -0.2) is 14.8 Å². The highest BCUT2D eigenvalue weighted by Crippen LogP contribution is 2.43. The Morgan fingerprint density at radius 2 is 2.10 bits per heavy atom. The van der Waals surface area contributed by atoms with Crippen molar-refractivity contribution in [3.8, 4) is 0 Å². The fourth-order valence-corrected chi connectivity index (χ4v) is 2.78. The van der Waals surface area contributed by atoms with Crippen molar-refractivity contribution in [2.24, 2.45) is 5.92 Å². The number of nitrogen functional groups attached to an aromatic ring is 1. The number of anilines is 1. The maximum Gasteiger partial charge on any atom is 0.321 e. The molecule has 2 aromatic rings. The highest BCUT2D eigenvalue weighted by atomic mass is 19.3. The lowest BCUT2D eigenvalue weighted by molar-refractivity contribution is 0.0639. The van der Waals surface area contributed by atoms with Crippen LogP contribution in [0.3, 0.4) is 0 Å². The molecule has 1 atom stereocenters. The molecular formula is C14H16F2N4. The molecule has 0 amide bonds.